The summed E-state index contributed by atoms with van der Waals surface area (Å²) >= 11 is 0. The van der Waals surface area contributed by atoms with Gasteiger partial charge in [-0.05, 0) is 73.5 Å². The van der Waals surface area contributed by atoms with Crippen molar-refractivity contribution in [1.29, 1.82) is 0 Å². The Labute approximate surface area is 189 Å². The standard InChI is InChI=1S/C29H25NO2/c1-4-29(31)32-28-19-11-24(12-20-28)23-9-17-27(18-10-23)30(25-13-5-21(2)6-14-25)26-15-7-22(3)8-16-26/h4-20H,1H2,2-3H3. The number of anilines is 3. The molecule has 0 amide bonds. The maximum atomic E-state index is 11.4. The fraction of sp³-hybridized carbons (Fsp3) is 0.0690. The molecular formula is C29H25NO2. The van der Waals surface area contributed by atoms with E-state index in [4.69, 9.17) is 4.74 Å². The van der Waals surface area contributed by atoms with Crippen molar-refractivity contribution in [3.63, 3.8) is 0 Å². The maximum absolute atomic E-state index is 11.4. The molecule has 0 bridgehead atoms. The van der Waals surface area contributed by atoms with Crippen LogP contribution in [-0.4, -0.2) is 5.97 Å². The number of carbonyl (C=O) groups excluding carboxylic acids is 1. The first-order valence-electron chi connectivity index (χ1n) is 10.5. The van der Waals surface area contributed by atoms with Crippen LogP contribution < -0.4 is 9.64 Å². The van der Waals surface area contributed by atoms with Crippen LogP contribution in [0.15, 0.2) is 110 Å². The van der Waals surface area contributed by atoms with Crippen molar-refractivity contribution >= 4 is 23.0 Å². The van der Waals surface area contributed by atoms with Crippen LogP contribution in [0.1, 0.15) is 11.1 Å². The first-order chi connectivity index (χ1) is 15.5. The number of esters is 1. The summed E-state index contributed by atoms with van der Waals surface area (Å²) in [4.78, 5) is 13.6. The molecule has 0 heterocycles. The van der Waals surface area contributed by atoms with Gasteiger partial charge in [-0.2, -0.15) is 0 Å². The smallest absolute Gasteiger partial charge is 0.335 e. The molecule has 0 aromatic heterocycles. The zero-order chi connectivity index (χ0) is 22.5. The molecule has 0 saturated heterocycles. The predicted molar refractivity (Wildman–Crippen MR) is 132 cm³/mol. The third kappa shape index (κ3) is 4.79. The van der Waals surface area contributed by atoms with Gasteiger partial charge in [0.05, 0.1) is 0 Å². The van der Waals surface area contributed by atoms with Crippen molar-refractivity contribution in [2.75, 3.05) is 4.90 Å². The number of benzene rings is 4. The summed E-state index contributed by atoms with van der Waals surface area (Å²) < 4.78 is 5.16. The lowest BCUT2D eigenvalue weighted by Crippen LogP contribution is -2.09. The molecule has 4 rings (SSSR count). The molecule has 3 nitrogen and oxygen atoms in total. The second-order valence-electron chi connectivity index (χ2n) is 7.70. The van der Waals surface area contributed by atoms with Crippen molar-refractivity contribution in [3.8, 4) is 16.9 Å². The Hall–Kier alpha value is -4.11. The summed E-state index contributed by atoms with van der Waals surface area (Å²) in [5, 5.41) is 0. The number of hydrogen-bond acceptors (Lipinski definition) is 3. The van der Waals surface area contributed by atoms with Gasteiger partial charge >= 0.3 is 5.97 Å². The van der Waals surface area contributed by atoms with Gasteiger partial charge in [0.2, 0.25) is 0 Å². The molecule has 0 N–H and O–H groups in total. The van der Waals surface area contributed by atoms with Crippen LogP contribution in [0, 0.1) is 13.8 Å². The van der Waals surface area contributed by atoms with E-state index >= 15 is 0 Å². The molecule has 0 fully saturated rings. The Morgan fingerprint density at radius 1 is 0.656 bits per heavy atom. The molecule has 0 radical (unpaired) electrons. The fourth-order valence-electron chi connectivity index (χ4n) is 3.51. The number of carbonyl (C=O) groups is 1. The van der Waals surface area contributed by atoms with Gasteiger partial charge in [-0.1, -0.05) is 66.2 Å². The quantitative estimate of drug-likeness (QED) is 0.184. The van der Waals surface area contributed by atoms with Crippen LogP contribution in [0.3, 0.4) is 0 Å². The molecule has 0 aliphatic carbocycles. The molecule has 158 valence electrons. The number of nitrogens with zero attached hydrogens (tertiary/aromatic N) is 1. The third-order valence-electron chi connectivity index (χ3n) is 5.28. The molecule has 0 atom stereocenters. The van der Waals surface area contributed by atoms with E-state index in [1.54, 1.807) is 12.1 Å². The van der Waals surface area contributed by atoms with Crippen molar-refractivity contribution in [2.45, 2.75) is 13.8 Å². The summed E-state index contributed by atoms with van der Waals surface area (Å²) in [6.45, 7) is 7.61. The first kappa shape index (κ1) is 21.1. The van der Waals surface area contributed by atoms with Gasteiger partial charge in [-0.3, -0.25) is 0 Å². The lowest BCUT2D eigenvalue weighted by atomic mass is 10.0. The van der Waals surface area contributed by atoms with E-state index in [2.05, 4.69) is 98.1 Å². The highest BCUT2D eigenvalue weighted by atomic mass is 16.5. The van der Waals surface area contributed by atoms with Gasteiger partial charge in [0.15, 0.2) is 0 Å². The largest absolute Gasteiger partial charge is 0.423 e. The van der Waals surface area contributed by atoms with E-state index in [9.17, 15) is 4.79 Å². The molecule has 0 saturated carbocycles. The van der Waals surface area contributed by atoms with Crippen LogP contribution in [0.25, 0.3) is 11.1 Å². The van der Waals surface area contributed by atoms with Crippen LogP contribution in [0.5, 0.6) is 5.75 Å². The van der Waals surface area contributed by atoms with Crippen LogP contribution >= 0.6 is 0 Å². The van der Waals surface area contributed by atoms with Crippen molar-refractivity contribution in [3.05, 3.63) is 121 Å². The van der Waals surface area contributed by atoms with Crippen molar-refractivity contribution in [2.24, 2.45) is 0 Å². The number of ether oxygens (including phenoxy) is 1. The Kier molecular flexibility index (Phi) is 6.18. The summed E-state index contributed by atoms with van der Waals surface area (Å²) in [5.74, 6) is 0.0367. The zero-order valence-electron chi connectivity index (χ0n) is 18.3. The van der Waals surface area contributed by atoms with Crippen LogP contribution in [-0.2, 0) is 4.79 Å². The monoisotopic (exact) mass is 419 g/mol. The molecule has 32 heavy (non-hydrogen) atoms. The third-order valence-corrected chi connectivity index (χ3v) is 5.28. The van der Waals surface area contributed by atoms with Gasteiger partial charge in [0.25, 0.3) is 0 Å². The molecule has 4 aromatic rings. The summed E-state index contributed by atoms with van der Waals surface area (Å²) in [5.41, 5.74) is 7.90. The maximum Gasteiger partial charge on any atom is 0.335 e. The highest BCUT2D eigenvalue weighted by Gasteiger charge is 2.12. The Bertz CT molecular complexity index is 1160. The Morgan fingerprint density at radius 2 is 1.03 bits per heavy atom. The van der Waals surface area contributed by atoms with Crippen LogP contribution in [0.4, 0.5) is 17.1 Å². The summed E-state index contributed by atoms with van der Waals surface area (Å²) in [6, 6.07) is 33.0. The van der Waals surface area contributed by atoms with Gasteiger partial charge in [0.1, 0.15) is 5.75 Å². The van der Waals surface area contributed by atoms with E-state index in [1.165, 1.54) is 11.1 Å². The highest BCUT2D eigenvalue weighted by Crippen LogP contribution is 2.36. The van der Waals surface area contributed by atoms with Gasteiger partial charge < -0.3 is 9.64 Å². The summed E-state index contributed by atoms with van der Waals surface area (Å²) in [6.07, 6.45) is 1.15. The molecule has 4 aromatic carbocycles. The van der Waals surface area contributed by atoms with E-state index < -0.39 is 5.97 Å². The second kappa shape index (κ2) is 9.36. The van der Waals surface area contributed by atoms with Crippen LogP contribution in [0.2, 0.25) is 0 Å². The lowest BCUT2D eigenvalue weighted by Gasteiger charge is -2.26. The van der Waals surface area contributed by atoms with E-state index in [-0.39, 0.29) is 0 Å². The average Bonchev–Trinajstić information content (AvgIpc) is 2.82. The molecular weight excluding hydrogens is 394 g/mol. The Morgan fingerprint density at radius 3 is 1.44 bits per heavy atom. The molecule has 3 heteroatoms. The zero-order valence-corrected chi connectivity index (χ0v) is 18.3. The fourth-order valence-corrected chi connectivity index (χ4v) is 3.51. The molecule has 0 aliphatic rings. The minimum atomic E-state index is -0.464. The molecule has 0 aliphatic heterocycles. The highest BCUT2D eigenvalue weighted by molar-refractivity contribution is 5.83. The van der Waals surface area contributed by atoms with Gasteiger partial charge in [-0.25, -0.2) is 4.79 Å². The van der Waals surface area contributed by atoms with Gasteiger partial charge in [-0.15, -0.1) is 0 Å². The van der Waals surface area contributed by atoms with E-state index in [0.29, 0.717) is 5.75 Å². The minimum Gasteiger partial charge on any atom is -0.423 e. The molecule has 0 spiro atoms. The second-order valence-corrected chi connectivity index (χ2v) is 7.70. The summed E-state index contributed by atoms with van der Waals surface area (Å²) in [7, 11) is 0. The predicted octanol–water partition coefficient (Wildman–Crippen LogP) is 7.53. The topological polar surface area (TPSA) is 29.5 Å². The average molecular weight is 420 g/mol. The lowest BCUT2D eigenvalue weighted by molar-refractivity contribution is -0.128. The Balaban J connectivity index is 1.64. The number of aryl methyl sites for hydroxylation is 2. The number of hydrogen-bond donors (Lipinski definition) is 0. The number of rotatable bonds is 6. The molecule has 0 unspecified atom stereocenters. The first-order valence-corrected chi connectivity index (χ1v) is 10.5. The van der Waals surface area contributed by atoms with Crippen molar-refractivity contribution in [1.82, 2.24) is 0 Å². The van der Waals surface area contributed by atoms with E-state index in [1.807, 2.05) is 12.1 Å². The minimum absolute atomic E-state index is 0.464. The van der Waals surface area contributed by atoms with Gasteiger partial charge in [0, 0.05) is 23.1 Å². The normalized spacial score (nSPS) is 10.4. The van der Waals surface area contributed by atoms with Crippen molar-refractivity contribution < 1.29 is 9.53 Å². The van der Waals surface area contributed by atoms with E-state index in [0.717, 1.165) is 34.3 Å². The SMILES string of the molecule is C=CC(=O)Oc1ccc(-c2ccc(N(c3ccc(C)cc3)c3ccc(C)cc3)cc2)cc1.